The Balaban J connectivity index is 2.33. The maximum atomic E-state index is 12.6. The van der Waals surface area contributed by atoms with Crippen LogP contribution in [0.5, 0.6) is 0 Å². The lowest BCUT2D eigenvalue weighted by atomic mass is 10.2. The first kappa shape index (κ1) is 14.9. The highest BCUT2D eigenvalue weighted by Gasteiger charge is 2.36. The molecule has 19 heavy (non-hydrogen) atoms. The van der Waals surface area contributed by atoms with E-state index in [1.54, 1.807) is 20.0 Å². The zero-order valence-corrected chi connectivity index (χ0v) is 12.9. The highest BCUT2D eigenvalue weighted by atomic mass is 32.2. The van der Waals surface area contributed by atoms with Crippen LogP contribution in [-0.2, 0) is 21.4 Å². The zero-order chi connectivity index (χ0) is 14.2. The molecular weight excluding hydrogens is 286 g/mol. The molecule has 7 heteroatoms. The van der Waals surface area contributed by atoms with Gasteiger partial charge in [0, 0.05) is 23.4 Å². The Morgan fingerprint density at radius 2 is 2.26 bits per heavy atom. The maximum absolute atomic E-state index is 12.6. The van der Waals surface area contributed by atoms with E-state index in [1.165, 1.54) is 15.6 Å². The predicted molar refractivity (Wildman–Crippen MR) is 73.7 cm³/mol. The van der Waals surface area contributed by atoms with Crippen LogP contribution < -0.4 is 0 Å². The van der Waals surface area contributed by atoms with Crippen molar-refractivity contribution in [2.24, 2.45) is 0 Å². The predicted octanol–water partition coefficient (Wildman–Crippen LogP) is 1.35. The number of hydrogen-bond donors (Lipinski definition) is 1. The molecule has 0 aliphatic carbocycles. The van der Waals surface area contributed by atoms with Crippen LogP contribution in [0.25, 0.3) is 0 Å². The third kappa shape index (κ3) is 2.71. The minimum Gasteiger partial charge on any atom is -0.391 e. The van der Waals surface area contributed by atoms with Gasteiger partial charge in [0.15, 0.2) is 0 Å². The van der Waals surface area contributed by atoms with Gasteiger partial charge in [-0.1, -0.05) is 0 Å². The number of aryl methyl sites for hydroxylation is 1. The van der Waals surface area contributed by atoms with Gasteiger partial charge in [0.05, 0.1) is 23.6 Å². The zero-order valence-electron chi connectivity index (χ0n) is 11.3. The Kier molecular flexibility index (Phi) is 4.32. The van der Waals surface area contributed by atoms with Gasteiger partial charge in [-0.05, 0) is 26.3 Å². The largest absolute Gasteiger partial charge is 0.391 e. The molecule has 5 nitrogen and oxygen atoms in total. The molecule has 1 aliphatic rings. The van der Waals surface area contributed by atoms with Gasteiger partial charge in [-0.25, -0.2) is 8.42 Å². The minimum atomic E-state index is -3.52. The molecule has 1 N–H and O–H groups in total. The minimum absolute atomic E-state index is 0.0870. The molecule has 1 fully saturated rings. The fraction of sp³-hybridized carbons (Fsp3) is 0.667. The van der Waals surface area contributed by atoms with Crippen LogP contribution in [0.4, 0.5) is 0 Å². The molecule has 2 heterocycles. The van der Waals surface area contributed by atoms with Crippen molar-refractivity contribution in [3.63, 3.8) is 0 Å². The Labute approximate surface area is 117 Å². The van der Waals surface area contributed by atoms with Gasteiger partial charge in [-0.15, -0.1) is 11.3 Å². The van der Waals surface area contributed by atoms with Gasteiger partial charge in [0.2, 0.25) is 10.0 Å². The SMILES string of the molecule is Cc1sc(CO)cc1S(=O)(=O)N(C)C1CCOC1C. The standard InChI is InChI=1S/C12H19NO4S2/c1-8-11(4-5-17-8)13(3)19(15,16)12-6-10(7-14)18-9(12)2/h6,8,11,14H,4-5,7H2,1-3H3. The fourth-order valence-electron chi connectivity index (χ4n) is 2.39. The Morgan fingerprint density at radius 3 is 2.74 bits per heavy atom. The smallest absolute Gasteiger partial charge is 0.244 e. The molecule has 0 amide bonds. The molecule has 0 radical (unpaired) electrons. The number of likely N-dealkylation sites (N-methyl/N-ethyl adjacent to an activating group) is 1. The van der Waals surface area contributed by atoms with Crippen LogP contribution in [-0.4, -0.2) is 43.6 Å². The van der Waals surface area contributed by atoms with Crippen molar-refractivity contribution in [3.8, 4) is 0 Å². The van der Waals surface area contributed by atoms with Crippen LogP contribution in [0.15, 0.2) is 11.0 Å². The van der Waals surface area contributed by atoms with Crippen molar-refractivity contribution in [2.75, 3.05) is 13.7 Å². The molecule has 2 atom stereocenters. The molecule has 0 saturated carbocycles. The van der Waals surface area contributed by atoms with Crippen molar-refractivity contribution in [1.82, 2.24) is 4.31 Å². The summed E-state index contributed by atoms with van der Waals surface area (Å²) in [6.45, 7) is 4.12. The molecule has 0 aromatic carbocycles. The van der Waals surface area contributed by atoms with E-state index in [0.717, 1.165) is 0 Å². The summed E-state index contributed by atoms with van der Waals surface area (Å²) in [5.41, 5.74) is 0. The maximum Gasteiger partial charge on any atom is 0.244 e. The second-order valence-corrected chi connectivity index (χ2v) is 8.05. The Morgan fingerprint density at radius 1 is 1.58 bits per heavy atom. The molecular formula is C12H19NO4S2. The van der Waals surface area contributed by atoms with Crippen molar-refractivity contribution in [1.29, 1.82) is 0 Å². The summed E-state index contributed by atoms with van der Waals surface area (Å²) in [7, 11) is -1.92. The van der Waals surface area contributed by atoms with E-state index in [1.807, 2.05) is 6.92 Å². The first-order valence-corrected chi connectivity index (χ1v) is 8.43. The van der Waals surface area contributed by atoms with Crippen LogP contribution >= 0.6 is 11.3 Å². The molecule has 0 spiro atoms. The van der Waals surface area contributed by atoms with Crippen molar-refractivity contribution < 1.29 is 18.3 Å². The molecule has 1 aromatic rings. The number of thiophene rings is 1. The summed E-state index contributed by atoms with van der Waals surface area (Å²) in [4.78, 5) is 1.67. The summed E-state index contributed by atoms with van der Waals surface area (Å²) in [5, 5.41) is 9.12. The number of nitrogens with zero attached hydrogens (tertiary/aromatic N) is 1. The van der Waals surface area contributed by atoms with E-state index in [2.05, 4.69) is 0 Å². The molecule has 1 saturated heterocycles. The monoisotopic (exact) mass is 305 g/mol. The molecule has 0 bridgehead atoms. The summed E-state index contributed by atoms with van der Waals surface area (Å²) in [6.07, 6.45) is 0.628. The van der Waals surface area contributed by atoms with Gasteiger partial charge in [-0.3, -0.25) is 0 Å². The first-order valence-electron chi connectivity index (χ1n) is 6.17. The average molecular weight is 305 g/mol. The topological polar surface area (TPSA) is 66.8 Å². The number of aliphatic hydroxyl groups is 1. The lowest BCUT2D eigenvalue weighted by molar-refractivity contribution is 0.102. The highest BCUT2D eigenvalue weighted by molar-refractivity contribution is 7.89. The quantitative estimate of drug-likeness (QED) is 0.912. The van der Waals surface area contributed by atoms with Gasteiger partial charge >= 0.3 is 0 Å². The fourth-order valence-corrected chi connectivity index (χ4v) is 5.30. The lowest BCUT2D eigenvalue weighted by Gasteiger charge is -2.25. The second kappa shape index (κ2) is 5.49. The van der Waals surface area contributed by atoms with Crippen LogP contribution in [0.2, 0.25) is 0 Å². The van der Waals surface area contributed by atoms with Gasteiger partial charge in [0.1, 0.15) is 0 Å². The summed E-state index contributed by atoms with van der Waals surface area (Å²) in [6, 6.07) is 1.44. The van der Waals surface area contributed by atoms with E-state index in [-0.39, 0.29) is 18.8 Å². The third-order valence-corrected chi connectivity index (χ3v) is 6.71. The summed E-state index contributed by atoms with van der Waals surface area (Å²) in [5.74, 6) is 0. The number of aliphatic hydroxyl groups excluding tert-OH is 1. The highest BCUT2D eigenvalue weighted by Crippen LogP contribution is 2.30. The molecule has 1 aliphatic heterocycles. The third-order valence-electron chi connectivity index (χ3n) is 3.54. The molecule has 108 valence electrons. The number of sulfonamides is 1. The van der Waals surface area contributed by atoms with Crippen molar-refractivity contribution in [3.05, 3.63) is 15.8 Å². The summed E-state index contributed by atoms with van der Waals surface area (Å²) < 4.78 is 32.1. The van der Waals surface area contributed by atoms with E-state index in [4.69, 9.17) is 9.84 Å². The van der Waals surface area contributed by atoms with Crippen LogP contribution in [0.3, 0.4) is 0 Å². The van der Waals surface area contributed by atoms with E-state index in [0.29, 0.717) is 27.7 Å². The number of hydrogen-bond acceptors (Lipinski definition) is 5. The molecule has 2 unspecified atom stereocenters. The van der Waals surface area contributed by atoms with Gasteiger partial charge in [0.25, 0.3) is 0 Å². The van der Waals surface area contributed by atoms with E-state index in [9.17, 15) is 8.42 Å². The van der Waals surface area contributed by atoms with E-state index >= 15 is 0 Å². The second-order valence-electron chi connectivity index (χ2n) is 4.74. The number of ether oxygens (including phenoxy) is 1. The Bertz CT molecular complexity index is 552. The first-order chi connectivity index (χ1) is 8.87. The molecule has 2 rings (SSSR count). The van der Waals surface area contributed by atoms with Gasteiger partial charge in [-0.2, -0.15) is 4.31 Å². The van der Waals surface area contributed by atoms with Crippen molar-refractivity contribution in [2.45, 2.75) is 43.9 Å². The van der Waals surface area contributed by atoms with E-state index < -0.39 is 10.0 Å². The van der Waals surface area contributed by atoms with Crippen molar-refractivity contribution >= 4 is 21.4 Å². The summed E-state index contributed by atoms with van der Waals surface area (Å²) >= 11 is 1.31. The Hall–Kier alpha value is -0.470. The number of rotatable bonds is 4. The average Bonchev–Trinajstić information content (AvgIpc) is 2.94. The van der Waals surface area contributed by atoms with Crippen LogP contribution in [0, 0.1) is 6.92 Å². The van der Waals surface area contributed by atoms with Gasteiger partial charge < -0.3 is 9.84 Å². The van der Waals surface area contributed by atoms with Crippen LogP contribution in [0.1, 0.15) is 23.1 Å². The lowest BCUT2D eigenvalue weighted by Crippen LogP contribution is -2.40. The normalized spacial score (nSPS) is 24.3. The molecule has 1 aromatic heterocycles.